The smallest absolute Gasteiger partial charge is 0.407 e. The van der Waals surface area contributed by atoms with E-state index in [4.69, 9.17) is 57.4 Å². The van der Waals surface area contributed by atoms with Crippen LogP contribution in [0.4, 0.5) is 9.59 Å². The summed E-state index contributed by atoms with van der Waals surface area (Å²) in [6.07, 6.45) is 8.92. The van der Waals surface area contributed by atoms with Crippen LogP contribution in [0.25, 0.3) is 0 Å². The molecule has 0 heterocycles. The highest BCUT2D eigenvalue weighted by atomic mass is 35.5. The molecule has 0 radical (unpaired) electrons. The fraction of sp³-hybridized carbons (Fsp3) is 0.684. The fourth-order valence-electron chi connectivity index (χ4n) is 5.48. The molecule has 53 heavy (non-hydrogen) atoms. The lowest BCUT2D eigenvalue weighted by atomic mass is 9.83. The Morgan fingerprint density at radius 3 is 1.51 bits per heavy atom. The Kier molecular flexibility index (Phi) is 27.6. The summed E-state index contributed by atoms with van der Waals surface area (Å²) in [5, 5.41) is 5.73. The Labute approximate surface area is 326 Å². The number of rotatable bonds is 18. The van der Waals surface area contributed by atoms with E-state index >= 15 is 0 Å². The van der Waals surface area contributed by atoms with E-state index in [2.05, 4.69) is 37.6 Å². The number of carbonyl (C=O) groups is 4. The first-order valence-electron chi connectivity index (χ1n) is 18.4. The molecule has 0 unspecified atom stereocenters. The molecule has 15 heteroatoms. The van der Waals surface area contributed by atoms with E-state index in [1.165, 1.54) is 12.2 Å². The van der Waals surface area contributed by atoms with Crippen molar-refractivity contribution in [3.8, 4) is 0 Å². The van der Waals surface area contributed by atoms with Crippen molar-refractivity contribution in [2.75, 3.05) is 31.8 Å². The molecule has 6 atom stereocenters. The summed E-state index contributed by atoms with van der Waals surface area (Å²) in [6.45, 7) is 21.5. The monoisotopic (exact) mass is 791 g/mol. The lowest BCUT2D eigenvalue weighted by Gasteiger charge is -2.36. The molecule has 2 rings (SSSR count). The predicted octanol–water partition coefficient (Wildman–Crippen LogP) is 6.85. The van der Waals surface area contributed by atoms with E-state index in [1.807, 2.05) is 26.8 Å². The molecule has 0 spiro atoms. The van der Waals surface area contributed by atoms with Crippen molar-refractivity contribution < 1.29 is 47.6 Å². The molecular weight excluding hydrogens is 729 g/mol. The molecule has 0 saturated carbocycles. The second-order valence-corrected chi connectivity index (χ2v) is 12.9. The number of esters is 2. The van der Waals surface area contributed by atoms with E-state index in [-0.39, 0.29) is 67.8 Å². The van der Waals surface area contributed by atoms with Crippen LogP contribution in [0.1, 0.15) is 87.0 Å². The quantitative estimate of drug-likeness (QED) is 0.0573. The number of amides is 2. The van der Waals surface area contributed by atoms with Crippen LogP contribution in [-0.4, -0.2) is 98.4 Å². The minimum absolute atomic E-state index is 0.00931. The standard InChI is InChI=1S/C19H31NO5.C18H30N2O5.CH2Cl2/c1-6-10-24-19(22)20-16-11-14(18(21)23-9-4)12-17(13(16)5)25-15(7-2)8-3;1-5-9-24-18(22)20-14-10-12(17(21)23-8-4)11-15(16(14)19)25-13(6-2)7-3;2-1-3/h6,12-13,15-17H,1,7-11H2,2-5H3,(H,20,22);5,11,13-16H,1,6-10,19H2,2-4H3,(H,20,22);1H2/t13-,16+,17-;14-,15+,16+;/m10./s1. The van der Waals surface area contributed by atoms with E-state index in [9.17, 15) is 19.2 Å². The molecule has 0 bridgehead atoms. The lowest BCUT2D eigenvalue weighted by molar-refractivity contribution is -0.140. The largest absolute Gasteiger partial charge is 0.463 e. The second kappa shape index (κ2) is 29.3. The first-order valence-corrected chi connectivity index (χ1v) is 19.4. The van der Waals surface area contributed by atoms with Gasteiger partial charge in [0.1, 0.15) is 13.2 Å². The molecule has 2 aliphatic rings. The molecule has 2 aliphatic carbocycles. The first kappa shape index (κ1) is 49.9. The van der Waals surface area contributed by atoms with Crippen molar-refractivity contribution in [2.45, 2.75) is 130 Å². The van der Waals surface area contributed by atoms with Crippen molar-refractivity contribution in [3.05, 3.63) is 48.6 Å². The maximum Gasteiger partial charge on any atom is 0.407 e. The van der Waals surface area contributed by atoms with Crippen molar-refractivity contribution in [1.29, 1.82) is 0 Å². The number of halogens is 2. The lowest BCUT2D eigenvalue weighted by Crippen LogP contribution is -2.56. The number of carbonyl (C=O) groups excluding carboxylic acids is 4. The zero-order valence-electron chi connectivity index (χ0n) is 32.5. The van der Waals surface area contributed by atoms with Gasteiger partial charge in [-0.3, -0.25) is 0 Å². The summed E-state index contributed by atoms with van der Waals surface area (Å²) in [4.78, 5) is 48.1. The summed E-state index contributed by atoms with van der Waals surface area (Å²) in [5.74, 6) is -0.771. The highest BCUT2D eigenvalue weighted by Gasteiger charge is 2.37. The Bertz CT molecular complexity index is 1090. The summed E-state index contributed by atoms with van der Waals surface area (Å²) < 4.78 is 32.3. The Hall–Kier alpha value is -3.10. The molecule has 0 aromatic heterocycles. The van der Waals surface area contributed by atoms with Gasteiger partial charge in [0.25, 0.3) is 0 Å². The maximum atomic E-state index is 12.2. The van der Waals surface area contributed by atoms with E-state index in [0.717, 1.165) is 25.7 Å². The number of alkyl halides is 2. The van der Waals surface area contributed by atoms with Gasteiger partial charge in [0.05, 0.1) is 55.1 Å². The number of nitrogens with two attached hydrogens (primary N) is 1. The number of hydrogen-bond donors (Lipinski definition) is 3. The van der Waals surface area contributed by atoms with Gasteiger partial charge in [-0.15, -0.1) is 23.2 Å². The van der Waals surface area contributed by atoms with Crippen LogP contribution in [0.2, 0.25) is 0 Å². The minimum atomic E-state index is -0.605. The average molecular weight is 793 g/mol. The summed E-state index contributed by atoms with van der Waals surface area (Å²) >= 11 is 9.53. The molecule has 304 valence electrons. The van der Waals surface area contributed by atoms with Crippen LogP contribution in [0.5, 0.6) is 0 Å². The third-order valence-electron chi connectivity index (χ3n) is 8.47. The van der Waals surface area contributed by atoms with Crippen LogP contribution < -0.4 is 16.4 Å². The third-order valence-corrected chi connectivity index (χ3v) is 8.47. The molecule has 13 nitrogen and oxygen atoms in total. The van der Waals surface area contributed by atoms with Crippen molar-refractivity contribution in [3.63, 3.8) is 0 Å². The maximum absolute atomic E-state index is 12.2. The van der Waals surface area contributed by atoms with Gasteiger partial charge in [0.15, 0.2) is 0 Å². The van der Waals surface area contributed by atoms with Gasteiger partial charge >= 0.3 is 24.1 Å². The SMILES string of the molecule is C=CCOC(=O)N[C@H]1CC(C(=O)OCC)=C[C@@H](OC(CC)CC)[C@@H]1C.C=CCOC(=O)N[C@H]1CC(C(=O)OCC)=C[C@@H](OC(CC)CC)[C@@H]1N.ClCCl. The Balaban J connectivity index is 0.000000949. The van der Waals surface area contributed by atoms with Crippen LogP contribution in [-0.2, 0) is 38.0 Å². The molecule has 2 amide bonds. The molecule has 0 aliphatic heterocycles. The summed E-state index contributed by atoms with van der Waals surface area (Å²) in [5.41, 5.74) is 7.27. The van der Waals surface area contributed by atoms with Crippen molar-refractivity contribution in [1.82, 2.24) is 10.6 Å². The van der Waals surface area contributed by atoms with Gasteiger partial charge in [-0.05, 0) is 51.7 Å². The van der Waals surface area contributed by atoms with Crippen LogP contribution >= 0.6 is 23.2 Å². The second-order valence-electron chi connectivity index (χ2n) is 12.1. The zero-order valence-corrected chi connectivity index (χ0v) is 34.0. The highest BCUT2D eigenvalue weighted by molar-refractivity contribution is 6.40. The minimum Gasteiger partial charge on any atom is -0.463 e. The number of alkyl carbamates (subject to hydrolysis) is 2. The molecule has 0 saturated heterocycles. The molecule has 0 fully saturated rings. The van der Waals surface area contributed by atoms with Gasteiger partial charge < -0.3 is 44.8 Å². The topological polar surface area (TPSA) is 174 Å². The number of nitrogens with one attached hydrogen (secondary N) is 2. The van der Waals surface area contributed by atoms with Crippen molar-refractivity contribution >= 4 is 47.3 Å². The van der Waals surface area contributed by atoms with Crippen LogP contribution in [0.15, 0.2) is 48.6 Å². The zero-order chi connectivity index (χ0) is 40.3. The van der Waals surface area contributed by atoms with Gasteiger partial charge in [0.2, 0.25) is 0 Å². The molecule has 4 N–H and O–H groups in total. The van der Waals surface area contributed by atoms with Gasteiger partial charge in [0, 0.05) is 35.9 Å². The number of hydrogen-bond acceptors (Lipinski definition) is 11. The fourth-order valence-corrected chi connectivity index (χ4v) is 5.48. The molecule has 0 aromatic carbocycles. The summed E-state index contributed by atoms with van der Waals surface area (Å²) in [6, 6.07) is -1.24. The van der Waals surface area contributed by atoms with E-state index in [1.54, 1.807) is 19.9 Å². The average Bonchev–Trinajstić information content (AvgIpc) is 3.14. The van der Waals surface area contributed by atoms with Crippen molar-refractivity contribution in [2.24, 2.45) is 11.7 Å². The van der Waals surface area contributed by atoms with E-state index < -0.39 is 36.3 Å². The predicted molar refractivity (Wildman–Crippen MR) is 208 cm³/mol. The normalized spacial score (nSPS) is 22.0. The van der Waals surface area contributed by atoms with E-state index in [0.29, 0.717) is 24.2 Å². The Morgan fingerprint density at radius 1 is 0.736 bits per heavy atom. The van der Waals surface area contributed by atoms with Gasteiger partial charge in [-0.2, -0.15) is 0 Å². The first-order chi connectivity index (χ1) is 25.3. The van der Waals surface area contributed by atoms with Crippen LogP contribution in [0.3, 0.4) is 0 Å². The third kappa shape index (κ3) is 19.2. The molecule has 0 aromatic rings. The van der Waals surface area contributed by atoms with Crippen LogP contribution in [0, 0.1) is 5.92 Å². The molecular formula is C38H63Cl2N3O10. The summed E-state index contributed by atoms with van der Waals surface area (Å²) in [7, 11) is 0. The number of ether oxygens (including phenoxy) is 6. The van der Waals surface area contributed by atoms with Gasteiger partial charge in [-0.1, -0.05) is 59.9 Å². The van der Waals surface area contributed by atoms with Gasteiger partial charge in [-0.25, -0.2) is 19.2 Å². The highest BCUT2D eigenvalue weighted by Crippen LogP contribution is 2.29. The Morgan fingerprint density at radius 2 is 1.11 bits per heavy atom.